The number of anilines is 1. The minimum atomic E-state index is -4.62. The molecule has 0 radical (unpaired) electrons. The molecule has 0 saturated carbocycles. The molecule has 2 rings (SSSR count). The maximum absolute atomic E-state index is 13.2. The first-order valence-corrected chi connectivity index (χ1v) is 11.1. The Bertz CT molecular complexity index is 819. The van der Waals surface area contributed by atoms with Crippen LogP contribution in [0, 0.1) is 5.92 Å². The minimum absolute atomic E-state index is 0.0659. The van der Waals surface area contributed by atoms with Crippen LogP contribution in [-0.4, -0.2) is 80.3 Å². The van der Waals surface area contributed by atoms with E-state index in [9.17, 15) is 22.8 Å². The molecule has 2 amide bonds. The number of nitrogens with one attached hydrogen (secondary N) is 1. The molecule has 1 heterocycles. The number of ether oxygens (including phenoxy) is 2. The Hall–Kier alpha value is -2.33. The first-order valence-electron chi connectivity index (χ1n) is 11.1. The fourth-order valence-corrected chi connectivity index (χ4v) is 3.92. The summed E-state index contributed by atoms with van der Waals surface area (Å²) in [5.74, 6) is -1.11. The molecule has 0 unspecified atom stereocenters. The lowest BCUT2D eigenvalue weighted by atomic mass is 10.0. The maximum Gasteiger partial charge on any atom is 0.397 e. The molecule has 1 aromatic rings. The lowest BCUT2D eigenvalue weighted by Gasteiger charge is -2.35. The number of benzene rings is 1. The minimum Gasteiger partial charge on any atom is -0.491 e. The molecule has 33 heavy (non-hydrogen) atoms. The maximum atomic E-state index is 13.2. The average Bonchev–Trinajstić information content (AvgIpc) is 2.73. The van der Waals surface area contributed by atoms with Crippen molar-refractivity contribution in [2.24, 2.45) is 5.92 Å². The molecule has 1 aliphatic rings. The van der Waals surface area contributed by atoms with Crippen LogP contribution in [-0.2, 0) is 9.53 Å². The largest absolute Gasteiger partial charge is 0.491 e. The Morgan fingerprint density at radius 2 is 1.97 bits per heavy atom. The summed E-state index contributed by atoms with van der Waals surface area (Å²) in [6.45, 7) is 8.57. The number of amides is 2. The van der Waals surface area contributed by atoms with Crippen LogP contribution in [0.15, 0.2) is 18.2 Å². The van der Waals surface area contributed by atoms with E-state index in [2.05, 4.69) is 31.0 Å². The number of methoxy groups -OCH3 is 1. The molecule has 0 aliphatic carbocycles. The highest BCUT2D eigenvalue weighted by Crippen LogP contribution is 2.27. The predicted molar refractivity (Wildman–Crippen MR) is 119 cm³/mol. The van der Waals surface area contributed by atoms with Crippen molar-refractivity contribution in [1.82, 2.24) is 9.80 Å². The third-order valence-electron chi connectivity index (χ3n) is 5.73. The fraction of sp³-hybridized carbons (Fsp3) is 0.652. The quantitative estimate of drug-likeness (QED) is 0.705. The average molecular weight is 474 g/mol. The van der Waals surface area contributed by atoms with E-state index in [0.29, 0.717) is 18.9 Å². The molecule has 0 spiro atoms. The number of halogens is 3. The van der Waals surface area contributed by atoms with Gasteiger partial charge in [0, 0.05) is 39.0 Å². The third kappa shape index (κ3) is 7.89. The van der Waals surface area contributed by atoms with Gasteiger partial charge in [0.2, 0.25) is 5.91 Å². The molecule has 1 aliphatic heterocycles. The van der Waals surface area contributed by atoms with E-state index in [-0.39, 0.29) is 35.2 Å². The van der Waals surface area contributed by atoms with Gasteiger partial charge >= 0.3 is 6.18 Å². The van der Waals surface area contributed by atoms with Gasteiger partial charge in [-0.2, -0.15) is 13.2 Å². The van der Waals surface area contributed by atoms with Crippen molar-refractivity contribution in [3.05, 3.63) is 23.8 Å². The number of rotatable bonds is 5. The van der Waals surface area contributed by atoms with Gasteiger partial charge in [0.25, 0.3) is 5.91 Å². The monoisotopic (exact) mass is 473 g/mol. The summed E-state index contributed by atoms with van der Waals surface area (Å²) < 4.78 is 49.2. The molecule has 0 aromatic heterocycles. The highest BCUT2D eigenvalue weighted by molar-refractivity contribution is 5.99. The zero-order valence-electron chi connectivity index (χ0n) is 19.9. The lowest BCUT2D eigenvalue weighted by Crippen LogP contribution is -2.46. The number of carbonyl (C=O) groups excluding carboxylic acids is 2. The standard InChI is InChI=1S/C23H34F3N3O4/c1-6-9-29-12-15(2)20(32-5)13-28(4)22(31)18-10-17(27-21(30)11-23(24,25)26)7-8-19(18)33-14-16(29)3/h7-8,10,15-16,20H,6,9,11-14H2,1-5H3,(H,27,30)/t15-,16-,20+/m0/s1. The molecule has 10 heteroatoms. The summed E-state index contributed by atoms with van der Waals surface area (Å²) in [7, 11) is 3.25. The van der Waals surface area contributed by atoms with Crippen molar-refractivity contribution in [2.75, 3.05) is 45.7 Å². The van der Waals surface area contributed by atoms with Gasteiger partial charge in [-0.25, -0.2) is 0 Å². The van der Waals surface area contributed by atoms with Crippen LogP contribution >= 0.6 is 0 Å². The lowest BCUT2D eigenvalue weighted by molar-refractivity contribution is -0.150. The summed E-state index contributed by atoms with van der Waals surface area (Å²) >= 11 is 0. The Labute approximate surface area is 193 Å². The summed E-state index contributed by atoms with van der Waals surface area (Å²) in [6.07, 6.45) is -5.45. The van der Waals surface area contributed by atoms with E-state index in [4.69, 9.17) is 9.47 Å². The number of nitrogens with zero attached hydrogens (tertiary/aromatic N) is 2. The van der Waals surface area contributed by atoms with Crippen molar-refractivity contribution < 1.29 is 32.2 Å². The van der Waals surface area contributed by atoms with Gasteiger partial charge in [0.05, 0.1) is 11.7 Å². The number of carbonyl (C=O) groups is 2. The van der Waals surface area contributed by atoms with Gasteiger partial charge in [-0.15, -0.1) is 0 Å². The van der Waals surface area contributed by atoms with Gasteiger partial charge in [-0.1, -0.05) is 13.8 Å². The molecule has 0 fully saturated rings. The van der Waals surface area contributed by atoms with Crippen molar-refractivity contribution in [2.45, 2.75) is 51.9 Å². The Balaban J connectivity index is 2.37. The molecule has 186 valence electrons. The van der Waals surface area contributed by atoms with E-state index >= 15 is 0 Å². The predicted octanol–water partition coefficient (Wildman–Crippen LogP) is 3.79. The van der Waals surface area contributed by atoms with Gasteiger partial charge < -0.3 is 19.7 Å². The van der Waals surface area contributed by atoms with E-state index in [0.717, 1.165) is 19.5 Å². The smallest absolute Gasteiger partial charge is 0.397 e. The number of fused-ring (bicyclic) bond motifs is 1. The number of hydrogen-bond acceptors (Lipinski definition) is 5. The van der Waals surface area contributed by atoms with Crippen LogP contribution in [0.5, 0.6) is 5.75 Å². The zero-order chi connectivity index (χ0) is 24.8. The van der Waals surface area contributed by atoms with Crippen molar-refractivity contribution in [3.63, 3.8) is 0 Å². The summed E-state index contributed by atoms with van der Waals surface area (Å²) in [4.78, 5) is 28.8. The summed E-state index contributed by atoms with van der Waals surface area (Å²) in [5, 5.41) is 2.21. The van der Waals surface area contributed by atoms with Crippen molar-refractivity contribution in [3.8, 4) is 5.75 Å². The Morgan fingerprint density at radius 1 is 1.27 bits per heavy atom. The first kappa shape index (κ1) is 26.9. The molecule has 7 nitrogen and oxygen atoms in total. The van der Waals surface area contributed by atoms with E-state index in [1.165, 1.54) is 23.1 Å². The van der Waals surface area contributed by atoms with Crippen LogP contribution in [0.1, 0.15) is 44.0 Å². The molecule has 0 bridgehead atoms. The molecule has 3 atom stereocenters. The molecular formula is C23H34F3N3O4. The van der Waals surface area contributed by atoms with Gasteiger partial charge in [0.15, 0.2) is 0 Å². The van der Waals surface area contributed by atoms with Crippen LogP contribution in [0.25, 0.3) is 0 Å². The Kier molecular flexibility index (Phi) is 9.54. The van der Waals surface area contributed by atoms with E-state index in [1.54, 1.807) is 14.2 Å². The van der Waals surface area contributed by atoms with Crippen LogP contribution < -0.4 is 10.1 Å². The number of hydrogen-bond donors (Lipinski definition) is 1. The number of alkyl halides is 3. The highest BCUT2D eigenvalue weighted by Gasteiger charge is 2.32. The molecule has 1 N–H and O–H groups in total. The zero-order valence-corrected chi connectivity index (χ0v) is 19.9. The molecular weight excluding hydrogens is 439 g/mol. The number of likely N-dealkylation sites (N-methyl/N-ethyl adjacent to an activating group) is 1. The normalized spacial score (nSPS) is 23.2. The van der Waals surface area contributed by atoms with Gasteiger partial charge in [-0.05, 0) is 44.0 Å². The molecule has 1 aromatic carbocycles. The van der Waals surface area contributed by atoms with Crippen LogP contribution in [0.4, 0.5) is 18.9 Å². The third-order valence-corrected chi connectivity index (χ3v) is 5.73. The van der Waals surface area contributed by atoms with Crippen LogP contribution in [0.3, 0.4) is 0 Å². The van der Waals surface area contributed by atoms with E-state index < -0.39 is 18.5 Å². The second kappa shape index (κ2) is 11.7. The second-order valence-electron chi connectivity index (χ2n) is 8.64. The van der Waals surface area contributed by atoms with Gasteiger partial charge in [-0.3, -0.25) is 14.5 Å². The SMILES string of the molecule is CCCN1C[C@H](C)[C@H](OC)CN(C)C(=O)c2cc(NC(=O)CC(F)(F)F)ccc2OC[C@@H]1C. The van der Waals surface area contributed by atoms with Gasteiger partial charge in [0.1, 0.15) is 18.8 Å². The topological polar surface area (TPSA) is 71.1 Å². The summed E-state index contributed by atoms with van der Waals surface area (Å²) in [5.41, 5.74) is 0.261. The van der Waals surface area contributed by atoms with Crippen molar-refractivity contribution >= 4 is 17.5 Å². The second-order valence-corrected chi connectivity index (χ2v) is 8.64. The Morgan fingerprint density at radius 3 is 2.58 bits per heavy atom. The highest BCUT2D eigenvalue weighted by atomic mass is 19.4. The summed E-state index contributed by atoms with van der Waals surface area (Å²) in [6, 6.07) is 4.36. The van der Waals surface area contributed by atoms with Crippen LogP contribution in [0.2, 0.25) is 0 Å². The first-order chi connectivity index (χ1) is 15.4. The van der Waals surface area contributed by atoms with E-state index in [1.807, 2.05) is 0 Å². The molecule has 0 saturated heterocycles. The van der Waals surface area contributed by atoms with Crippen molar-refractivity contribution in [1.29, 1.82) is 0 Å². The fourth-order valence-electron chi connectivity index (χ4n) is 3.92.